The lowest BCUT2D eigenvalue weighted by atomic mass is 9.89. The van der Waals surface area contributed by atoms with Crippen LogP contribution in [0.5, 0.6) is 0 Å². The average Bonchev–Trinajstić information content (AvgIpc) is 2.45. The van der Waals surface area contributed by atoms with Gasteiger partial charge >= 0.3 is 5.97 Å². The van der Waals surface area contributed by atoms with Crippen molar-refractivity contribution in [3.05, 3.63) is 11.6 Å². The van der Waals surface area contributed by atoms with Crippen molar-refractivity contribution in [3.63, 3.8) is 0 Å². The van der Waals surface area contributed by atoms with Crippen LogP contribution in [0.2, 0.25) is 0 Å². The van der Waals surface area contributed by atoms with Gasteiger partial charge in [-0.2, -0.15) is 8.42 Å². The zero-order valence-corrected chi connectivity index (χ0v) is 15.1. The predicted molar refractivity (Wildman–Crippen MR) is 86.9 cm³/mol. The molecule has 138 valence electrons. The molecule has 3 atom stereocenters. The Labute approximate surface area is 142 Å². The molecule has 0 fully saturated rings. The lowest BCUT2D eigenvalue weighted by Crippen LogP contribution is -2.55. The number of carboxylic acids is 1. The quantitative estimate of drug-likeness (QED) is 0.613. The molecule has 0 saturated carbocycles. The third-order valence-corrected chi connectivity index (χ3v) is 4.34. The summed E-state index contributed by atoms with van der Waals surface area (Å²) < 4.78 is 33.9. The number of carbonyl (C=O) groups is 2. The Morgan fingerprint density at radius 1 is 1.38 bits per heavy atom. The van der Waals surface area contributed by atoms with E-state index in [0.717, 1.165) is 6.26 Å². The first-order valence-electron chi connectivity index (χ1n) is 7.82. The van der Waals surface area contributed by atoms with E-state index in [4.69, 9.17) is 8.92 Å². The molecular weight excluding hydrogens is 338 g/mol. The Balaban J connectivity index is 3.21. The highest BCUT2D eigenvalue weighted by atomic mass is 32.2. The number of amides is 1. The summed E-state index contributed by atoms with van der Waals surface area (Å²) in [5.41, 5.74) is 0.00112. The molecule has 0 aromatic carbocycles. The summed E-state index contributed by atoms with van der Waals surface area (Å²) in [5, 5.41) is 11.9. The zero-order valence-electron chi connectivity index (χ0n) is 14.3. The molecule has 0 bridgehead atoms. The highest BCUT2D eigenvalue weighted by molar-refractivity contribution is 7.86. The molecular formula is C15H25NO7S. The van der Waals surface area contributed by atoms with Crippen molar-refractivity contribution in [1.82, 2.24) is 5.32 Å². The number of rotatable bonds is 8. The number of nitrogens with one attached hydrogen (secondary N) is 1. The number of aliphatic carboxylic acids is 1. The molecule has 0 heterocycles. The fourth-order valence-electron chi connectivity index (χ4n) is 2.64. The Kier molecular flexibility index (Phi) is 7.37. The van der Waals surface area contributed by atoms with Gasteiger partial charge in [-0.15, -0.1) is 0 Å². The number of hydrogen-bond donors (Lipinski definition) is 2. The summed E-state index contributed by atoms with van der Waals surface area (Å²) in [6, 6.07) is -0.791. The van der Waals surface area contributed by atoms with Crippen LogP contribution in [0.3, 0.4) is 0 Å². The van der Waals surface area contributed by atoms with E-state index in [0.29, 0.717) is 12.8 Å². The van der Waals surface area contributed by atoms with E-state index in [2.05, 4.69) is 5.32 Å². The lowest BCUT2D eigenvalue weighted by Gasteiger charge is -2.37. The molecule has 8 nitrogen and oxygen atoms in total. The van der Waals surface area contributed by atoms with Crippen LogP contribution in [0, 0.1) is 0 Å². The van der Waals surface area contributed by atoms with Crippen LogP contribution in [0.1, 0.15) is 40.0 Å². The van der Waals surface area contributed by atoms with Crippen LogP contribution in [0.15, 0.2) is 11.6 Å². The fourth-order valence-corrected chi connectivity index (χ4v) is 3.28. The molecule has 1 aliphatic carbocycles. The van der Waals surface area contributed by atoms with Crippen molar-refractivity contribution in [2.24, 2.45) is 0 Å². The van der Waals surface area contributed by atoms with Gasteiger partial charge in [-0.3, -0.25) is 8.98 Å². The summed E-state index contributed by atoms with van der Waals surface area (Å²) in [7, 11) is -3.83. The third-order valence-electron chi connectivity index (χ3n) is 3.74. The second kappa shape index (κ2) is 8.59. The molecule has 9 heteroatoms. The van der Waals surface area contributed by atoms with Crippen molar-refractivity contribution < 1.29 is 32.0 Å². The number of carbonyl (C=O) groups excluding carboxylic acids is 1. The maximum Gasteiger partial charge on any atom is 0.331 e. The summed E-state index contributed by atoms with van der Waals surface area (Å²) in [5.74, 6) is -1.55. The van der Waals surface area contributed by atoms with Crippen molar-refractivity contribution in [3.8, 4) is 0 Å². The van der Waals surface area contributed by atoms with Gasteiger partial charge in [-0.1, -0.05) is 13.8 Å². The number of carboxylic acid groups (broad SMARTS) is 1. The molecule has 1 amide bonds. The van der Waals surface area contributed by atoms with Crippen molar-refractivity contribution in [1.29, 1.82) is 0 Å². The normalized spacial score (nSPS) is 24.5. The smallest absolute Gasteiger partial charge is 0.331 e. The van der Waals surface area contributed by atoms with Gasteiger partial charge in [-0.25, -0.2) is 4.79 Å². The standard InChI is InChI=1S/C15H25NO7S/c1-5-11(6-2)22-12-7-10(15(18)19)8-13(23-24(4,20)21)14(12)16-9(3)17/h7,11-14H,5-6,8H2,1-4H3,(H,16,17)(H,18,19). The highest BCUT2D eigenvalue weighted by Crippen LogP contribution is 2.27. The SMILES string of the molecule is CCC(CC)OC1C=C(C(=O)O)CC(OS(C)(=O)=O)C1NC(C)=O. The zero-order chi connectivity index (χ0) is 18.5. The van der Waals surface area contributed by atoms with E-state index >= 15 is 0 Å². The fraction of sp³-hybridized carbons (Fsp3) is 0.733. The van der Waals surface area contributed by atoms with Gasteiger partial charge in [0, 0.05) is 18.9 Å². The van der Waals surface area contributed by atoms with Gasteiger partial charge in [0.25, 0.3) is 10.1 Å². The van der Waals surface area contributed by atoms with Gasteiger partial charge in [0.15, 0.2) is 0 Å². The molecule has 1 aliphatic rings. The molecule has 0 aromatic heterocycles. The van der Waals surface area contributed by atoms with Crippen LogP contribution < -0.4 is 5.32 Å². The molecule has 2 N–H and O–H groups in total. The number of hydrogen-bond acceptors (Lipinski definition) is 6. The minimum absolute atomic E-state index is 0.00112. The van der Waals surface area contributed by atoms with Gasteiger partial charge in [0.05, 0.1) is 24.5 Å². The minimum atomic E-state index is -3.83. The van der Waals surface area contributed by atoms with Gasteiger partial charge in [-0.05, 0) is 18.9 Å². The first-order valence-corrected chi connectivity index (χ1v) is 9.63. The van der Waals surface area contributed by atoms with E-state index in [1.54, 1.807) is 0 Å². The van der Waals surface area contributed by atoms with Gasteiger partial charge in [0.1, 0.15) is 6.10 Å². The monoisotopic (exact) mass is 363 g/mol. The molecule has 0 aromatic rings. The van der Waals surface area contributed by atoms with E-state index in [-0.39, 0.29) is 24.0 Å². The molecule has 0 spiro atoms. The average molecular weight is 363 g/mol. The Bertz CT molecular complexity index is 595. The summed E-state index contributed by atoms with van der Waals surface area (Å²) in [4.78, 5) is 22.8. The Morgan fingerprint density at radius 2 is 1.96 bits per heavy atom. The minimum Gasteiger partial charge on any atom is -0.478 e. The molecule has 0 radical (unpaired) electrons. The second-order valence-corrected chi connectivity index (χ2v) is 7.41. The topological polar surface area (TPSA) is 119 Å². The highest BCUT2D eigenvalue weighted by Gasteiger charge is 2.39. The summed E-state index contributed by atoms with van der Waals surface area (Å²) >= 11 is 0. The van der Waals surface area contributed by atoms with Gasteiger partial charge < -0.3 is 15.2 Å². The largest absolute Gasteiger partial charge is 0.478 e. The van der Waals surface area contributed by atoms with E-state index in [9.17, 15) is 23.1 Å². The van der Waals surface area contributed by atoms with E-state index in [1.807, 2.05) is 13.8 Å². The Morgan fingerprint density at radius 3 is 2.38 bits per heavy atom. The van der Waals surface area contributed by atoms with Crippen molar-refractivity contribution in [2.75, 3.05) is 6.26 Å². The lowest BCUT2D eigenvalue weighted by molar-refractivity contribution is -0.133. The van der Waals surface area contributed by atoms with Crippen LogP contribution in [0.25, 0.3) is 0 Å². The van der Waals surface area contributed by atoms with Gasteiger partial charge in [0.2, 0.25) is 5.91 Å². The maximum atomic E-state index is 11.5. The predicted octanol–water partition coefficient (Wildman–Crippen LogP) is 0.824. The summed E-state index contributed by atoms with van der Waals surface area (Å²) in [6.07, 6.45) is 1.59. The first kappa shape index (κ1) is 20.6. The number of ether oxygens (including phenoxy) is 1. The summed E-state index contributed by atoms with van der Waals surface area (Å²) in [6.45, 7) is 5.15. The van der Waals surface area contributed by atoms with Crippen LogP contribution in [0.4, 0.5) is 0 Å². The van der Waals surface area contributed by atoms with Crippen LogP contribution in [-0.2, 0) is 28.6 Å². The first-order chi connectivity index (χ1) is 11.1. The molecule has 24 heavy (non-hydrogen) atoms. The van der Waals surface area contributed by atoms with Crippen LogP contribution >= 0.6 is 0 Å². The molecule has 1 rings (SSSR count). The molecule has 0 saturated heterocycles. The molecule has 0 aliphatic heterocycles. The second-order valence-electron chi connectivity index (χ2n) is 5.81. The molecule has 3 unspecified atom stereocenters. The third kappa shape index (κ3) is 6.21. The van der Waals surface area contributed by atoms with Crippen molar-refractivity contribution in [2.45, 2.75) is 64.4 Å². The van der Waals surface area contributed by atoms with E-state index < -0.39 is 34.3 Å². The van der Waals surface area contributed by atoms with Crippen molar-refractivity contribution >= 4 is 22.0 Å². The van der Waals surface area contributed by atoms with Crippen LogP contribution in [-0.4, -0.2) is 56.0 Å². The van der Waals surface area contributed by atoms with E-state index in [1.165, 1.54) is 13.0 Å². The maximum absolute atomic E-state index is 11.5. The Hall–Kier alpha value is -1.45.